The minimum absolute atomic E-state index is 0.0493. The lowest BCUT2D eigenvalue weighted by molar-refractivity contribution is -0.123. The molecular weight excluding hydrogens is 264 g/mol. The zero-order valence-corrected chi connectivity index (χ0v) is 13.8. The number of hydrogen-bond acceptors (Lipinski definition) is 3. The predicted molar refractivity (Wildman–Crippen MR) is 86.8 cm³/mol. The van der Waals surface area contributed by atoms with E-state index in [1.165, 1.54) is 5.56 Å². The zero-order valence-electron chi connectivity index (χ0n) is 13.8. The van der Waals surface area contributed by atoms with Crippen LogP contribution >= 0.6 is 0 Å². The molecule has 1 aromatic carbocycles. The van der Waals surface area contributed by atoms with Crippen molar-refractivity contribution >= 4 is 5.91 Å². The highest BCUT2D eigenvalue weighted by molar-refractivity contribution is 5.77. The molecule has 118 valence electrons. The first-order valence-electron chi connectivity index (χ1n) is 7.56. The number of hydrogen-bond donors (Lipinski definition) is 2. The van der Waals surface area contributed by atoms with Crippen LogP contribution in [0.15, 0.2) is 24.3 Å². The maximum Gasteiger partial charge on any atom is 0.257 e. The van der Waals surface area contributed by atoms with Gasteiger partial charge in [0.25, 0.3) is 5.91 Å². The van der Waals surface area contributed by atoms with E-state index in [1.54, 1.807) is 0 Å². The highest BCUT2D eigenvalue weighted by atomic mass is 16.5. The summed E-state index contributed by atoms with van der Waals surface area (Å²) >= 11 is 0. The second kappa shape index (κ2) is 8.03. The van der Waals surface area contributed by atoms with E-state index in [2.05, 4.69) is 31.4 Å². The molecule has 0 aromatic heterocycles. The first-order chi connectivity index (χ1) is 9.82. The van der Waals surface area contributed by atoms with Gasteiger partial charge in [0.05, 0.1) is 0 Å². The second-order valence-electron chi connectivity index (χ2n) is 6.33. The van der Waals surface area contributed by atoms with E-state index in [0.29, 0.717) is 6.54 Å². The molecule has 2 N–H and O–H groups in total. The molecule has 0 fully saturated rings. The number of amides is 1. The van der Waals surface area contributed by atoms with E-state index in [-0.39, 0.29) is 24.0 Å². The molecular formula is C17H28N2O2. The SMILES string of the molecule is CCN[C@H](C)CNC(=O)COc1ccc(C(C)(C)C)cc1. The van der Waals surface area contributed by atoms with Gasteiger partial charge in [0.15, 0.2) is 6.61 Å². The molecule has 0 saturated heterocycles. The first-order valence-corrected chi connectivity index (χ1v) is 7.56. The molecule has 0 aliphatic rings. The van der Waals surface area contributed by atoms with Gasteiger partial charge in [-0.3, -0.25) is 4.79 Å². The topological polar surface area (TPSA) is 50.4 Å². The zero-order chi connectivity index (χ0) is 15.9. The molecule has 0 heterocycles. The Morgan fingerprint density at radius 2 is 1.86 bits per heavy atom. The Balaban J connectivity index is 2.36. The summed E-state index contributed by atoms with van der Waals surface area (Å²) in [5.74, 6) is 0.623. The molecule has 21 heavy (non-hydrogen) atoms. The number of benzene rings is 1. The van der Waals surface area contributed by atoms with Crippen LogP contribution in [0, 0.1) is 0 Å². The average molecular weight is 292 g/mol. The summed E-state index contributed by atoms with van der Waals surface area (Å²) in [5, 5.41) is 6.09. The van der Waals surface area contributed by atoms with Crippen LogP contribution in [-0.2, 0) is 10.2 Å². The molecule has 0 unspecified atom stereocenters. The molecule has 1 amide bonds. The average Bonchev–Trinajstić information content (AvgIpc) is 2.43. The maximum atomic E-state index is 11.7. The second-order valence-corrected chi connectivity index (χ2v) is 6.33. The minimum Gasteiger partial charge on any atom is -0.484 e. The Labute approximate surface area is 128 Å². The van der Waals surface area contributed by atoms with Crippen LogP contribution in [0.1, 0.15) is 40.2 Å². The summed E-state index contributed by atoms with van der Waals surface area (Å²) in [4.78, 5) is 11.7. The number of rotatable bonds is 7. The Bertz CT molecular complexity index is 435. The summed E-state index contributed by atoms with van der Waals surface area (Å²) in [6, 6.07) is 8.18. The highest BCUT2D eigenvalue weighted by Gasteiger charge is 2.13. The van der Waals surface area contributed by atoms with Crippen LogP contribution in [0.3, 0.4) is 0 Å². The number of nitrogens with one attached hydrogen (secondary N) is 2. The van der Waals surface area contributed by atoms with E-state index in [4.69, 9.17) is 4.74 Å². The van der Waals surface area contributed by atoms with E-state index < -0.39 is 0 Å². The number of carbonyl (C=O) groups excluding carboxylic acids is 1. The third-order valence-electron chi connectivity index (χ3n) is 3.25. The molecule has 0 aliphatic heterocycles. The van der Waals surface area contributed by atoms with Gasteiger partial charge in [-0.15, -0.1) is 0 Å². The third kappa shape index (κ3) is 6.63. The Morgan fingerprint density at radius 1 is 1.24 bits per heavy atom. The smallest absolute Gasteiger partial charge is 0.257 e. The van der Waals surface area contributed by atoms with Gasteiger partial charge in [-0.2, -0.15) is 0 Å². The lowest BCUT2D eigenvalue weighted by atomic mass is 9.87. The fraction of sp³-hybridized carbons (Fsp3) is 0.588. The van der Waals surface area contributed by atoms with Gasteiger partial charge in [-0.05, 0) is 36.6 Å². The van der Waals surface area contributed by atoms with Crippen molar-refractivity contribution in [3.05, 3.63) is 29.8 Å². The standard InChI is InChI=1S/C17H28N2O2/c1-6-18-13(2)11-19-16(20)12-21-15-9-7-14(8-10-15)17(3,4)5/h7-10,13,18H,6,11-12H2,1-5H3,(H,19,20)/t13-/m1/s1. The van der Waals surface area contributed by atoms with Crippen molar-refractivity contribution in [3.63, 3.8) is 0 Å². The quantitative estimate of drug-likeness (QED) is 0.812. The molecule has 4 heteroatoms. The number of ether oxygens (including phenoxy) is 1. The van der Waals surface area contributed by atoms with Crippen LogP contribution < -0.4 is 15.4 Å². The molecule has 1 rings (SSSR count). The fourth-order valence-electron chi connectivity index (χ4n) is 1.94. The summed E-state index contributed by atoms with van der Waals surface area (Å²) < 4.78 is 5.50. The van der Waals surface area contributed by atoms with Gasteiger partial charge >= 0.3 is 0 Å². The summed E-state index contributed by atoms with van der Waals surface area (Å²) in [6.07, 6.45) is 0. The van der Waals surface area contributed by atoms with E-state index >= 15 is 0 Å². The number of carbonyl (C=O) groups is 1. The van der Waals surface area contributed by atoms with Crippen LogP contribution in [0.5, 0.6) is 5.75 Å². The van der Waals surface area contributed by atoms with Crippen molar-refractivity contribution in [3.8, 4) is 5.75 Å². The van der Waals surface area contributed by atoms with Gasteiger partial charge in [-0.25, -0.2) is 0 Å². The van der Waals surface area contributed by atoms with Crippen molar-refractivity contribution in [1.29, 1.82) is 0 Å². The minimum atomic E-state index is -0.0975. The van der Waals surface area contributed by atoms with Crippen molar-refractivity contribution in [1.82, 2.24) is 10.6 Å². The fourth-order valence-corrected chi connectivity index (χ4v) is 1.94. The Morgan fingerprint density at radius 3 is 2.38 bits per heavy atom. The van der Waals surface area contributed by atoms with E-state index in [9.17, 15) is 4.79 Å². The van der Waals surface area contributed by atoms with Crippen molar-refractivity contribution in [2.75, 3.05) is 19.7 Å². The summed E-state index contributed by atoms with van der Waals surface area (Å²) in [7, 11) is 0. The van der Waals surface area contributed by atoms with Crippen LogP contribution in [-0.4, -0.2) is 31.6 Å². The van der Waals surface area contributed by atoms with Gasteiger partial charge in [-0.1, -0.05) is 39.8 Å². The lowest BCUT2D eigenvalue weighted by Crippen LogP contribution is -2.40. The highest BCUT2D eigenvalue weighted by Crippen LogP contribution is 2.24. The maximum absolute atomic E-state index is 11.7. The van der Waals surface area contributed by atoms with Crippen molar-refractivity contribution in [2.45, 2.75) is 46.1 Å². The lowest BCUT2D eigenvalue weighted by Gasteiger charge is -2.19. The third-order valence-corrected chi connectivity index (χ3v) is 3.25. The molecule has 0 spiro atoms. The molecule has 1 atom stereocenters. The van der Waals surface area contributed by atoms with Crippen molar-refractivity contribution in [2.24, 2.45) is 0 Å². The number of likely N-dealkylation sites (N-methyl/N-ethyl adjacent to an activating group) is 1. The molecule has 0 saturated carbocycles. The Hall–Kier alpha value is -1.55. The Kier molecular flexibility index (Phi) is 6.69. The van der Waals surface area contributed by atoms with Gasteiger partial charge in [0.2, 0.25) is 0 Å². The monoisotopic (exact) mass is 292 g/mol. The first kappa shape index (κ1) is 17.5. The summed E-state index contributed by atoms with van der Waals surface area (Å²) in [5.41, 5.74) is 1.37. The normalized spacial score (nSPS) is 12.8. The predicted octanol–water partition coefficient (Wildman–Crippen LogP) is 2.48. The molecule has 0 bridgehead atoms. The molecule has 0 radical (unpaired) electrons. The van der Waals surface area contributed by atoms with Gasteiger partial charge in [0.1, 0.15) is 5.75 Å². The summed E-state index contributed by atoms with van der Waals surface area (Å²) in [6.45, 7) is 12.1. The van der Waals surface area contributed by atoms with Gasteiger partial charge < -0.3 is 15.4 Å². The van der Waals surface area contributed by atoms with E-state index in [1.807, 2.05) is 38.1 Å². The molecule has 4 nitrogen and oxygen atoms in total. The van der Waals surface area contributed by atoms with E-state index in [0.717, 1.165) is 12.3 Å². The molecule has 1 aromatic rings. The van der Waals surface area contributed by atoms with Crippen molar-refractivity contribution < 1.29 is 9.53 Å². The van der Waals surface area contributed by atoms with Crippen LogP contribution in [0.2, 0.25) is 0 Å². The van der Waals surface area contributed by atoms with Gasteiger partial charge in [0, 0.05) is 12.6 Å². The largest absolute Gasteiger partial charge is 0.484 e. The van der Waals surface area contributed by atoms with Crippen LogP contribution in [0.4, 0.5) is 0 Å². The van der Waals surface area contributed by atoms with Crippen LogP contribution in [0.25, 0.3) is 0 Å². The molecule has 0 aliphatic carbocycles.